The molecule has 1 rings (SSSR count). The van der Waals surface area contributed by atoms with Crippen LogP contribution in [-0.4, -0.2) is 25.3 Å². The Labute approximate surface area is 82.0 Å². The lowest BCUT2D eigenvalue weighted by molar-refractivity contribution is 0.0585. The Morgan fingerprint density at radius 1 is 1.46 bits per heavy atom. The van der Waals surface area contributed by atoms with E-state index in [1.165, 1.54) is 19.3 Å². The normalized spacial score (nSPS) is 30.7. The largest absolute Gasteiger partial charge is 0.376 e. The van der Waals surface area contributed by atoms with Crippen LogP contribution in [0.2, 0.25) is 0 Å². The molecule has 0 amide bonds. The lowest BCUT2D eigenvalue weighted by atomic mass is 9.95. The van der Waals surface area contributed by atoms with Gasteiger partial charge in [-0.25, -0.2) is 0 Å². The second-order valence-electron chi connectivity index (χ2n) is 4.05. The number of ether oxygens (including phenoxy) is 1. The third-order valence-corrected chi connectivity index (χ3v) is 2.91. The van der Waals surface area contributed by atoms with Crippen LogP contribution in [0.25, 0.3) is 0 Å². The van der Waals surface area contributed by atoms with E-state index >= 15 is 0 Å². The van der Waals surface area contributed by atoms with Crippen LogP contribution in [0.3, 0.4) is 0 Å². The van der Waals surface area contributed by atoms with E-state index in [2.05, 4.69) is 26.1 Å². The average molecular weight is 185 g/mol. The molecule has 0 aromatic rings. The number of hydrogen-bond acceptors (Lipinski definition) is 2. The van der Waals surface area contributed by atoms with Crippen LogP contribution in [0.4, 0.5) is 0 Å². The van der Waals surface area contributed by atoms with Crippen molar-refractivity contribution in [1.29, 1.82) is 0 Å². The second-order valence-corrected chi connectivity index (χ2v) is 4.05. The zero-order valence-corrected chi connectivity index (χ0v) is 9.18. The highest BCUT2D eigenvalue weighted by Crippen LogP contribution is 2.24. The van der Waals surface area contributed by atoms with Gasteiger partial charge in [0.05, 0.1) is 6.10 Å². The molecular formula is C11H23NO. The first kappa shape index (κ1) is 11.0. The fourth-order valence-electron chi connectivity index (χ4n) is 2.19. The predicted molar refractivity (Wildman–Crippen MR) is 55.9 cm³/mol. The summed E-state index contributed by atoms with van der Waals surface area (Å²) in [6.07, 6.45) is 4.17. The van der Waals surface area contributed by atoms with Gasteiger partial charge in [0.2, 0.25) is 0 Å². The molecule has 2 nitrogen and oxygen atoms in total. The molecule has 0 saturated carbocycles. The summed E-state index contributed by atoms with van der Waals surface area (Å²) in [5, 5.41) is 3.53. The Hall–Kier alpha value is -0.0800. The highest BCUT2D eigenvalue weighted by atomic mass is 16.5. The Bertz CT molecular complexity index is 132. The Morgan fingerprint density at radius 2 is 2.23 bits per heavy atom. The molecule has 3 unspecified atom stereocenters. The van der Waals surface area contributed by atoms with Gasteiger partial charge < -0.3 is 10.1 Å². The van der Waals surface area contributed by atoms with Gasteiger partial charge in [-0.3, -0.25) is 0 Å². The van der Waals surface area contributed by atoms with E-state index in [1.54, 1.807) is 0 Å². The summed E-state index contributed by atoms with van der Waals surface area (Å²) in [4.78, 5) is 0. The van der Waals surface area contributed by atoms with Crippen molar-refractivity contribution in [2.45, 2.75) is 52.2 Å². The van der Waals surface area contributed by atoms with Gasteiger partial charge in [-0.15, -0.1) is 0 Å². The highest BCUT2D eigenvalue weighted by Gasteiger charge is 2.30. The van der Waals surface area contributed by atoms with Crippen molar-refractivity contribution in [3.8, 4) is 0 Å². The summed E-state index contributed by atoms with van der Waals surface area (Å²) in [5.41, 5.74) is 0. The van der Waals surface area contributed by atoms with Gasteiger partial charge in [0.15, 0.2) is 0 Å². The minimum Gasteiger partial charge on any atom is -0.376 e. The van der Waals surface area contributed by atoms with Crippen LogP contribution >= 0.6 is 0 Å². The Morgan fingerprint density at radius 3 is 2.69 bits per heavy atom. The molecule has 2 heteroatoms. The van der Waals surface area contributed by atoms with Gasteiger partial charge >= 0.3 is 0 Å². The molecule has 0 aliphatic carbocycles. The first-order valence-corrected chi connectivity index (χ1v) is 5.64. The first-order valence-electron chi connectivity index (χ1n) is 5.64. The molecule has 0 aromatic heterocycles. The molecule has 1 saturated heterocycles. The summed E-state index contributed by atoms with van der Waals surface area (Å²) < 4.78 is 5.77. The summed E-state index contributed by atoms with van der Waals surface area (Å²) in [5.74, 6) is 0.732. The molecule has 0 bridgehead atoms. The zero-order chi connectivity index (χ0) is 9.68. The monoisotopic (exact) mass is 185 g/mol. The van der Waals surface area contributed by atoms with E-state index in [4.69, 9.17) is 4.74 Å². The lowest BCUT2D eigenvalue weighted by Crippen LogP contribution is -2.42. The molecule has 3 atom stereocenters. The maximum absolute atomic E-state index is 5.77. The number of hydrogen-bond donors (Lipinski definition) is 1. The van der Waals surface area contributed by atoms with E-state index < -0.39 is 0 Å². The molecule has 1 fully saturated rings. The molecule has 1 aliphatic rings. The predicted octanol–water partition coefficient (Wildman–Crippen LogP) is 2.19. The zero-order valence-electron chi connectivity index (χ0n) is 9.18. The third kappa shape index (κ3) is 2.96. The van der Waals surface area contributed by atoms with Crippen molar-refractivity contribution >= 4 is 0 Å². The fraction of sp³-hybridized carbons (Fsp3) is 1.00. The van der Waals surface area contributed by atoms with Gasteiger partial charge in [-0.1, -0.05) is 27.2 Å². The molecule has 1 N–H and O–H groups in total. The van der Waals surface area contributed by atoms with Crippen molar-refractivity contribution in [2.24, 2.45) is 5.92 Å². The molecule has 1 aliphatic heterocycles. The van der Waals surface area contributed by atoms with Gasteiger partial charge in [0, 0.05) is 12.6 Å². The molecule has 0 aromatic carbocycles. The first-order chi connectivity index (χ1) is 6.29. The Balaban J connectivity index is 2.42. The molecule has 0 spiro atoms. The minimum atomic E-state index is 0.458. The van der Waals surface area contributed by atoms with Crippen molar-refractivity contribution in [3.05, 3.63) is 0 Å². The summed E-state index contributed by atoms with van der Waals surface area (Å²) in [6.45, 7) is 8.72. The number of nitrogens with one attached hydrogen (secondary N) is 1. The maximum atomic E-state index is 5.77. The molecule has 13 heavy (non-hydrogen) atoms. The molecular weight excluding hydrogens is 162 g/mol. The van der Waals surface area contributed by atoms with Gasteiger partial charge in [-0.2, -0.15) is 0 Å². The molecule has 78 valence electrons. The average Bonchev–Trinajstić information content (AvgIpc) is 2.51. The van der Waals surface area contributed by atoms with Crippen LogP contribution < -0.4 is 5.32 Å². The van der Waals surface area contributed by atoms with Gasteiger partial charge in [0.1, 0.15) is 0 Å². The van der Waals surface area contributed by atoms with Crippen LogP contribution in [0.15, 0.2) is 0 Å². The van der Waals surface area contributed by atoms with Crippen molar-refractivity contribution < 1.29 is 4.74 Å². The highest BCUT2D eigenvalue weighted by molar-refractivity contribution is 4.84. The summed E-state index contributed by atoms with van der Waals surface area (Å²) in [6, 6.07) is 0.576. The SMILES string of the molecule is CCCC(NCC)C1OCCC1C. The van der Waals surface area contributed by atoms with E-state index in [9.17, 15) is 0 Å². The number of likely N-dealkylation sites (N-methyl/N-ethyl adjacent to an activating group) is 1. The summed E-state index contributed by atoms with van der Waals surface area (Å²) in [7, 11) is 0. The van der Waals surface area contributed by atoms with E-state index in [0.717, 1.165) is 19.1 Å². The third-order valence-electron chi connectivity index (χ3n) is 2.91. The van der Waals surface area contributed by atoms with Crippen molar-refractivity contribution in [2.75, 3.05) is 13.2 Å². The van der Waals surface area contributed by atoms with Crippen molar-refractivity contribution in [3.63, 3.8) is 0 Å². The van der Waals surface area contributed by atoms with Crippen LogP contribution in [0, 0.1) is 5.92 Å². The fourth-order valence-corrected chi connectivity index (χ4v) is 2.19. The minimum absolute atomic E-state index is 0.458. The summed E-state index contributed by atoms with van der Waals surface area (Å²) >= 11 is 0. The lowest BCUT2D eigenvalue weighted by Gasteiger charge is -2.26. The smallest absolute Gasteiger partial charge is 0.0754 e. The van der Waals surface area contributed by atoms with Gasteiger partial charge in [0.25, 0.3) is 0 Å². The second kappa shape index (κ2) is 5.61. The van der Waals surface area contributed by atoms with E-state index in [0.29, 0.717) is 12.1 Å². The van der Waals surface area contributed by atoms with E-state index in [-0.39, 0.29) is 0 Å². The Kier molecular flexibility index (Phi) is 4.74. The van der Waals surface area contributed by atoms with Crippen LogP contribution in [-0.2, 0) is 4.74 Å². The van der Waals surface area contributed by atoms with E-state index in [1.807, 2.05) is 0 Å². The quantitative estimate of drug-likeness (QED) is 0.709. The topological polar surface area (TPSA) is 21.3 Å². The molecule has 1 heterocycles. The van der Waals surface area contributed by atoms with Gasteiger partial charge in [-0.05, 0) is 25.3 Å². The molecule has 0 radical (unpaired) electrons. The number of rotatable bonds is 5. The van der Waals surface area contributed by atoms with Crippen molar-refractivity contribution in [1.82, 2.24) is 5.32 Å². The van der Waals surface area contributed by atoms with Crippen LogP contribution in [0.1, 0.15) is 40.0 Å². The standard InChI is InChI=1S/C11H23NO/c1-4-6-10(12-5-2)11-9(3)7-8-13-11/h9-12H,4-8H2,1-3H3. The van der Waals surface area contributed by atoms with Crippen LogP contribution in [0.5, 0.6) is 0 Å². The maximum Gasteiger partial charge on any atom is 0.0754 e.